The molecule has 2 aromatic carbocycles. The van der Waals surface area contributed by atoms with Crippen molar-refractivity contribution in [1.82, 2.24) is 5.32 Å². The number of fused-ring (bicyclic) bond motifs is 1. The molecular weight excluding hydrogens is 289 g/mol. The van der Waals surface area contributed by atoms with Gasteiger partial charge in [0.15, 0.2) is 0 Å². The molecule has 3 N–H and O–H groups in total. The monoisotopic (exact) mass is 311 g/mol. The highest BCUT2D eigenvalue weighted by atomic mass is 19.1. The molecule has 1 aliphatic rings. The van der Waals surface area contributed by atoms with Crippen molar-refractivity contribution in [1.29, 1.82) is 0 Å². The van der Waals surface area contributed by atoms with Gasteiger partial charge in [0.1, 0.15) is 5.82 Å². The van der Waals surface area contributed by atoms with Crippen LogP contribution in [0.3, 0.4) is 0 Å². The molecule has 1 aliphatic carbocycles. The lowest BCUT2D eigenvalue weighted by Gasteiger charge is -2.08. The van der Waals surface area contributed by atoms with Crippen LogP contribution in [0.25, 0.3) is 0 Å². The summed E-state index contributed by atoms with van der Waals surface area (Å²) in [5, 5.41) is 3.30. The Labute approximate surface area is 136 Å². The summed E-state index contributed by atoms with van der Waals surface area (Å²) in [6.07, 6.45) is 2.93. The van der Waals surface area contributed by atoms with Crippen LogP contribution in [0.2, 0.25) is 0 Å². The zero-order valence-electron chi connectivity index (χ0n) is 13.3. The van der Waals surface area contributed by atoms with E-state index in [2.05, 4.69) is 22.4 Å². The van der Waals surface area contributed by atoms with Crippen LogP contribution in [0.15, 0.2) is 47.5 Å². The number of nitrogens with zero attached hydrogens (tertiary/aromatic N) is 1. The van der Waals surface area contributed by atoms with Crippen LogP contribution in [-0.4, -0.2) is 12.4 Å². The molecule has 0 amide bonds. The average molecular weight is 311 g/mol. The summed E-state index contributed by atoms with van der Waals surface area (Å²) in [6, 6.07) is 13.0. The van der Waals surface area contributed by atoms with E-state index in [0.717, 1.165) is 42.9 Å². The first-order chi connectivity index (χ1) is 11.1. The van der Waals surface area contributed by atoms with Gasteiger partial charge in [0.25, 0.3) is 0 Å². The minimum atomic E-state index is -0.200. The van der Waals surface area contributed by atoms with Gasteiger partial charge in [0.2, 0.25) is 0 Å². The molecule has 0 aliphatic heterocycles. The van der Waals surface area contributed by atoms with Gasteiger partial charge in [0, 0.05) is 12.6 Å². The van der Waals surface area contributed by atoms with Crippen molar-refractivity contribution in [2.75, 3.05) is 6.54 Å². The van der Waals surface area contributed by atoms with Crippen molar-refractivity contribution < 1.29 is 4.39 Å². The standard InChI is InChI=1S/C19H22FN3/c1-13(22-11-10-14-2-6-16(20)7-3-14)23-17-8-4-15-5-9-19(21)18(15)12-17/h2-4,6-8,12,19H,5,9-11,21H2,1H3,(H,22,23)/t19-/m1/s1. The highest BCUT2D eigenvalue weighted by Gasteiger charge is 2.18. The van der Waals surface area contributed by atoms with Gasteiger partial charge in [-0.2, -0.15) is 0 Å². The van der Waals surface area contributed by atoms with Crippen LogP contribution in [0.1, 0.15) is 36.1 Å². The Morgan fingerprint density at radius 3 is 2.83 bits per heavy atom. The van der Waals surface area contributed by atoms with Gasteiger partial charge < -0.3 is 11.1 Å². The Kier molecular flexibility index (Phi) is 4.72. The van der Waals surface area contributed by atoms with E-state index in [9.17, 15) is 4.39 Å². The van der Waals surface area contributed by atoms with Gasteiger partial charge in [-0.05, 0) is 67.1 Å². The zero-order valence-corrected chi connectivity index (χ0v) is 13.3. The van der Waals surface area contributed by atoms with Crippen molar-refractivity contribution in [2.45, 2.75) is 32.2 Å². The van der Waals surface area contributed by atoms with Gasteiger partial charge in [-0.25, -0.2) is 9.38 Å². The van der Waals surface area contributed by atoms with Crippen molar-refractivity contribution in [3.05, 3.63) is 65.0 Å². The fourth-order valence-corrected chi connectivity index (χ4v) is 2.96. The van der Waals surface area contributed by atoms with Crippen LogP contribution in [0, 0.1) is 5.82 Å². The van der Waals surface area contributed by atoms with Crippen molar-refractivity contribution >= 4 is 11.5 Å². The third kappa shape index (κ3) is 3.96. The number of aliphatic imine (C=N–C) groups is 1. The average Bonchev–Trinajstić information content (AvgIpc) is 2.90. The summed E-state index contributed by atoms with van der Waals surface area (Å²) < 4.78 is 12.9. The molecule has 3 rings (SSSR count). The molecule has 4 heteroatoms. The van der Waals surface area contributed by atoms with Crippen LogP contribution < -0.4 is 11.1 Å². The summed E-state index contributed by atoms with van der Waals surface area (Å²) in [6.45, 7) is 2.73. The molecule has 0 saturated heterocycles. The van der Waals surface area contributed by atoms with Crippen LogP contribution in [0.4, 0.5) is 10.1 Å². The molecule has 0 spiro atoms. The number of hydrogen-bond acceptors (Lipinski definition) is 2. The number of halogens is 1. The molecule has 120 valence electrons. The Morgan fingerprint density at radius 1 is 1.26 bits per heavy atom. The lowest BCUT2D eigenvalue weighted by atomic mass is 10.1. The number of nitrogens with two attached hydrogens (primary N) is 1. The Morgan fingerprint density at radius 2 is 2.04 bits per heavy atom. The van der Waals surface area contributed by atoms with Crippen molar-refractivity contribution in [3.8, 4) is 0 Å². The molecule has 0 unspecified atom stereocenters. The molecule has 3 nitrogen and oxygen atoms in total. The lowest BCUT2D eigenvalue weighted by molar-refractivity contribution is 0.627. The van der Waals surface area contributed by atoms with Crippen molar-refractivity contribution in [3.63, 3.8) is 0 Å². The Hall–Kier alpha value is -2.20. The second-order valence-electron chi connectivity index (χ2n) is 6.03. The minimum absolute atomic E-state index is 0.145. The smallest absolute Gasteiger partial charge is 0.123 e. The number of aryl methyl sites for hydroxylation is 1. The van der Waals surface area contributed by atoms with E-state index in [1.807, 2.05) is 25.1 Å². The van der Waals surface area contributed by atoms with E-state index in [4.69, 9.17) is 5.73 Å². The molecule has 0 radical (unpaired) electrons. The van der Waals surface area contributed by atoms with Crippen LogP contribution >= 0.6 is 0 Å². The van der Waals surface area contributed by atoms with Gasteiger partial charge in [-0.3, -0.25) is 0 Å². The summed E-state index contributed by atoms with van der Waals surface area (Å²) in [5.74, 6) is 0.674. The van der Waals surface area contributed by atoms with Gasteiger partial charge in [-0.1, -0.05) is 18.2 Å². The highest BCUT2D eigenvalue weighted by Crippen LogP contribution is 2.32. The first-order valence-electron chi connectivity index (χ1n) is 8.04. The molecule has 23 heavy (non-hydrogen) atoms. The summed E-state index contributed by atoms with van der Waals surface area (Å²) >= 11 is 0. The van der Waals surface area contributed by atoms with E-state index in [-0.39, 0.29) is 11.9 Å². The number of nitrogens with one attached hydrogen (secondary N) is 1. The molecule has 0 aromatic heterocycles. The predicted molar refractivity (Wildman–Crippen MR) is 92.6 cm³/mol. The first-order valence-corrected chi connectivity index (χ1v) is 8.04. The second kappa shape index (κ2) is 6.92. The molecular formula is C19H22FN3. The third-order valence-corrected chi connectivity index (χ3v) is 4.26. The van der Waals surface area contributed by atoms with Crippen molar-refractivity contribution in [2.24, 2.45) is 10.7 Å². The molecule has 0 fully saturated rings. The highest BCUT2D eigenvalue weighted by molar-refractivity contribution is 5.82. The Balaban J connectivity index is 1.57. The molecule has 0 heterocycles. The fourth-order valence-electron chi connectivity index (χ4n) is 2.96. The zero-order chi connectivity index (χ0) is 16.2. The van der Waals surface area contributed by atoms with E-state index < -0.39 is 0 Å². The maximum absolute atomic E-state index is 12.9. The maximum atomic E-state index is 12.9. The normalized spacial score (nSPS) is 17.2. The quantitative estimate of drug-likeness (QED) is 0.669. The fraction of sp³-hybridized carbons (Fsp3) is 0.316. The lowest BCUT2D eigenvalue weighted by Crippen LogP contribution is -2.22. The first kappa shape index (κ1) is 15.7. The summed E-state index contributed by atoms with van der Waals surface area (Å²) in [7, 11) is 0. The maximum Gasteiger partial charge on any atom is 0.123 e. The Bertz CT molecular complexity index is 707. The summed E-state index contributed by atoms with van der Waals surface area (Å²) in [4.78, 5) is 4.61. The molecule has 0 saturated carbocycles. The number of amidine groups is 1. The molecule has 2 aromatic rings. The second-order valence-corrected chi connectivity index (χ2v) is 6.03. The van der Waals surface area contributed by atoms with E-state index in [1.54, 1.807) is 0 Å². The number of hydrogen-bond donors (Lipinski definition) is 2. The van der Waals surface area contributed by atoms with E-state index in [1.165, 1.54) is 23.3 Å². The topological polar surface area (TPSA) is 50.4 Å². The van der Waals surface area contributed by atoms with Gasteiger partial charge >= 0.3 is 0 Å². The van der Waals surface area contributed by atoms with E-state index >= 15 is 0 Å². The number of rotatable bonds is 4. The third-order valence-electron chi connectivity index (χ3n) is 4.26. The SMILES string of the molecule is CC(=Nc1ccc2c(c1)[C@H](N)CC2)NCCc1ccc(F)cc1. The predicted octanol–water partition coefficient (Wildman–Crippen LogP) is 3.65. The van der Waals surface area contributed by atoms with Crippen LogP contribution in [-0.2, 0) is 12.8 Å². The minimum Gasteiger partial charge on any atom is -0.373 e. The molecule has 0 bridgehead atoms. The summed E-state index contributed by atoms with van der Waals surface area (Å²) in [5.41, 5.74) is 10.7. The molecule has 1 atom stereocenters. The van der Waals surface area contributed by atoms with Gasteiger partial charge in [0.05, 0.1) is 11.5 Å². The largest absolute Gasteiger partial charge is 0.373 e. The number of benzene rings is 2. The van der Waals surface area contributed by atoms with Gasteiger partial charge in [-0.15, -0.1) is 0 Å². The van der Waals surface area contributed by atoms with E-state index in [0.29, 0.717) is 0 Å². The van der Waals surface area contributed by atoms with Crippen LogP contribution in [0.5, 0.6) is 0 Å².